The van der Waals surface area contributed by atoms with Gasteiger partial charge < -0.3 is 19.3 Å². The van der Waals surface area contributed by atoms with Crippen LogP contribution in [0.25, 0.3) is 0 Å². The highest BCUT2D eigenvalue weighted by Crippen LogP contribution is 2.10. The number of morpholine rings is 1. The molecule has 2 aliphatic heterocycles. The molecular weight excluding hydrogens is 270 g/mol. The van der Waals surface area contributed by atoms with Gasteiger partial charge in [0.25, 0.3) is 0 Å². The predicted molar refractivity (Wildman–Crippen MR) is 81.4 cm³/mol. The maximum absolute atomic E-state index is 12.4. The number of hydrogen-bond donors (Lipinski definition) is 0. The van der Waals surface area contributed by atoms with Gasteiger partial charge in [-0.15, -0.1) is 0 Å². The number of piperazine rings is 1. The van der Waals surface area contributed by atoms with Crippen LogP contribution in [0, 0.1) is 0 Å². The van der Waals surface area contributed by atoms with Gasteiger partial charge in [-0.1, -0.05) is 6.92 Å². The van der Waals surface area contributed by atoms with Crippen LogP contribution in [0.5, 0.6) is 0 Å². The summed E-state index contributed by atoms with van der Waals surface area (Å²) in [5.74, 6) is 0.241. The van der Waals surface area contributed by atoms with Crippen LogP contribution in [-0.2, 0) is 14.3 Å². The molecule has 0 spiro atoms. The predicted octanol–water partition coefficient (Wildman–Crippen LogP) is -0.112. The van der Waals surface area contributed by atoms with Gasteiger partial charge in [0.05, 0.1) is 19.3 Å². The van der Waals surface area contributed by atoms with Crippen LogP contribution in [0.1, 0.15) is 13.3 Å². The van der Waals surface area contributed by atoms with E-state index in [2.05, 4.69) is 16.7 Å². The van der Waals surface area contributed by atoms with Crippen molar-refractivity contribution in [3.8, 4) is 0 Å². The van der Waals surface area contributed by atoms with E-state index in [1.807, 2.05) is 4.90 Å². The lowest BCUT2D eigenvalue weighted by Crippen LogP contribution is -2.52. The molecule has 6 nitrogen and oxygen atoms in total. The molecule has 6 heteroatoms. The summed E-state index contributed by atoms with van der Waals surface area (Å²) in [7, 11) is 1.70. The number of amides is 1. The summed E-state index contributed by atoms with van der Waals surface area (Å²) < 4.78 is 10.8. The van der Waals surface area contributed by atoms with E-state index >= 15 is 0 Å². The van der Waals surface area contributed by atoms with Gasteiger partial charge in [0.1, 0.15) is 0 Å². The van der Waals surface area contributed by atoms with Crippen LogP contribution in [-0.4, -0.2) is 99.4 Å². The molecule has 0 radical (unpaired) electrons. The molecule has 2 fully saturated rings. The van der Waals surface area contributed by atoms with E-state index in [4.69, 9.17) is 9.47 Å². The third kappa shape index (κ3) is 5.21. The molecule has 0 aliphatic carbocycles. The summed E-state index contributed by atoms with van der Waals surface area (Å²) in [4.78, 5) is 19.1. The minimum absolute atomic E-state index is 0.125. The normalized spacial score (nSPS) is 25.2. The lowest BCUT2D eigenvalue weighted by molar-refractivity contribution is -0.141. The van der Waals surface area contributed by atoms with Gasteiger partial charge in [-0.2, -0.15) is 0 Å². The number of ether oxygens (including phenoxy) is 2. The van der Waals surface area contributed by atoms with E-state index < -0.39 is 0 Å². The van der Waals surface area contributed by atoms with E-state index in [0.717, 1.165) is 45.7 Å². The zero-order valence-corrected chi connectivity index (χ0v) is 13.4. The molecule has 0 bridgehead atoms. The Labute approximate surface area is 128 Å². The Balaban J connectivity index is 1.72. The molecule has 2 heterocycles. The van der Waals surface area contributed by atoms with Crippen molar-refractivity contribution in [3.63, 3.8) is 0 Å². The van der Waals surface area contributed by atoms with E-state index in [1.165, 1.54) is 0 Å². The second kappa shape index (κ2) is 8.68. The Morgan fingerprint density at radius 3 is 2.57 bits per heavy atom. The lowest BCUT2D eigenvalue weighted by atomic mass is 10.2. The van der Waals surface area contributed by atoms with Crippen molar-refractivity contribution < 1.29 is 14.3 Å². The zero-order valence-electron chi connectivity index (χ0n) is 13.4. The van der Waals surface area contributed by atoms with Gasteiger partial charge in [0, 0.05) is 53.0 Å². The van der Waals surface area contributed by atoms with Gasteiger partial charge in [-0.05, 0) is 13.0 Å². The third-order valence-electron chi connectivity index (χ3n) is 4.41. The fourth-order valence-electron chi connectivity index (χ4n) is 2.92. The van der Waals surface area contributed by atoms with Crippen molar-refractivity contribution in [1.29, 1.82) is 0 Å². The number of carbonyl (C=O) groups is 1. The van der Waals surface area contributed by atoms with Crippen LogP contribution in [0.4, 0.5) is 0 Å². The molecule has 0 aromatic heterocycles. The summed E-state index contributed by atoms with van der Waals surface area (Å²) in [6, 6.07) is 0. The standard InChI is InChI=1S/C15H29N3O3/c1-3-16-5-7-17(8-6-16)13-15(19)18-9-11-21-14(12-18)4-10-20-2/h14H,3-13H2,1-2H3. The molecule has 0 N–H and O–H groups in total. The summed E-state index contributed by atoms with van der Waals surface area (Å²) >= 11 is 0. The number of likely N-dealkylation sites (N-methyl/N-ethyl adjacent to an activating group) is 1. The van der Waals surface area contributed by atoms with Crippen molar-refractivity contribution in [2.24, 2.45) is 0 Å². The van der Waals surface area contributed by atoms with Gasteiger partial charge >= 0.3 is 0 Å². The molecule has 1 atom stereocenters. The fourth-order valence-corrected chi connectivity index (χ4v) is 2.92. The van der Waals surface area contributed by atoms with Gasteiger partial charge in [0.2, 0.25) is 5.91 Å². The van der Waals surface area contributed by atoms with E-state index in [9.17, 15) is 4.79 Å². The Morgan fingerprint density at radius 1 is 1.19 bits per heavy atom. The molecule has 2 aliphatic rings. The highest BCUT2D eigenvalue weighted by atomic mass is 16.5. The summed E-state index contributed by atoms with van der Waals surface area (Å²) in [5, 5.41) is 0. The van der Waals surface area contributed by atoms with Gasteiger partial charge in [0.15, 0.2) is 0 Å². The summed E-state index contributed by atoms with van der Waals surface area (Å²) in [6.45, 7) is 10.7. The first-order valence-corrected chi connectivity index (χ1v) is 8.06. The first-order valence-electron chi connectivity index (χ1n) is 8.06. The van der Waals surface area contributed by atoms with Crippen LogP contribution in [0.3, 0.4) is 0 Å². The molecule has 1 unspecified atom stereocenters. The second-order valence-electron chi connectivity index (χ2n) is 5.82. The SMILES string of the molecule is CCN1CCN(CC(=O)N2CCOC(CCOC)C2)CC1. The molecule has 1 amide bonds. The first-order chi connectivity index (χ1) is 10.2. The molecule has 122 valence electrons. The molecule has 21 heavy (non-hydrogen) atoms. The lowest BCUT2D eigenvalue weighted by Gasteiger charge is -2.37. The first kappa shape index (κ1) is 16.7. The smallest absolute Gasteiger partial charge is 0.236 e. The maximum atomic E-state index is 12.4. The summed E-state index contributed by atoms with van der Waals surface area (Å²) in [6.07, 6.45) is 0.981. The topological polar surface area (TPSA) is 45.2 Å². The summed E-state index contributed by atoms with van der Waals surface area (Å²) in [5.41, 5.74) is 0. The van der Waals surface area contributed by atoms with Crippen LogP contribution >= 0.6 is 0 Å². The molecule has 0 aromatic carbocycles. The van der Waals surface area contributed by atoms with Gasteiger partial charge in [-0.25, -0.2) is 0 Å². The maximum Gasteiger partial charge on any atom is 0.236 e. The largest absolute Gasteiger partial charge is 0.385 e. The minimum atomic E-state index is 0.125. The molecule has 2 saturated heterocycles. The highest BCUT2D eigenvalue weighted by molar-refractivity contribution is 5.78. The Kier molecular flexibility index (Phi) is 6.89. The van der Waals surface area contributed by atoms with Gasteiger partial charge in [-0.3, -0.25) is 9.69 Å². The second-order valence-corrected chi connectivity index (χ2v) is 5.82. The Bertz CT molecular complexity index is 319. The van der Waals surface area contributed by atoms with E-state index in [1.54, 1.807) is 7.11 Å². The fraction of sp³-hybridized carbons (Fsp3) is 0.933. The number of rotatable bonds is 6. The van der Waals surface area contributed by atoms with Crippen molar-refractivity contribution >= 4 is 5.91 Å². The average molecular weight is 299 g/mol. The monoisotopic (exact) mass is 299 g/mol. The van der Waals surface area contributed by atoms with Crippen molar-refractivity contribution in [1.82, 2.24) is 14.7 Å². The number of nitrogens with zero attached hydrogens (tertiary/aromatic N) is 3. The molecule has 0 aromatic rings. The van der Waals surface area contributed by atoms with Crippen LogP contribution in [0.2, 0.25) is 0 Å². The zero-order chi connectivity index (χ0) is 15.1. The van der Waals surface area contributed by atoms with Crippen molar-refractivity contribution in [2.75, 3.05) is 72.7 Å². The molecule has 2 rings (SSSR count). The minimum Gasteiger partial charge on any atom is -0.385 e. The third-order valence-corrected chi connectivity index (χ3v) is 4.41. The van der Waals surface area contributed by atoms with Crippen molar-refractivity contribution in [2.45, 2.75) is 19.4 Å². The molecular formula is C15H29N3O3. The van der Waals surface area contributed by atoms with Crippen LogP contribution in [0.15, 0.2) is 0 Å². The van der Waals surface area contributed by atoms with Crippen LogP contribution < -0.4 is 0 Å². The van der Waals surface area contributed by atoms with Crippen molar-refractivity contribution in [3.05, 3.63) is 0 Å². The number of methoxy groups -OCH3 is 1. The average Bonchev–Trinajstić information content (AvgIpc) is 2.54. The number of hydrogen-bond acceptors (Lipinski definition) is 5. The quantitative estimate of drug-likeness (QED) is 0.685. The number of carbonyl (C=O) groups excluding carboxylic acids is 1. The Hall–Kier alpha value is -0.690. The van der Waals surface area contributed by atoms with E-state index in [0.29, 0.717) is 26.3 Å². The highest BCUT2D eigenvalue weighted by Gasteiger charge is 2.26. The molecule has 0 saturated carbocycles. The Morgan fingerprint density at radius 2 is 1.90 bits per heavy atom. The van der Waals surface area contributed by atoms with E-state index in [-0.39, 0.29) is 12.0 Å².